The zero-order valence-corrected chi connectivity index (χ0v) is 34.7. The molecule has 0 bridgehead atoms. The van der Waals surface area contributed by atoms with Gasteiger partial charge in [-0.25, -0.2) is 19.1 Å². The van der Waals surface area contributed by atoms with Crippen LogP contribution < -0.4 is 30.1 Å². The van der Waals surface area contributed by atoms with Gasteiger partial charge in [0.1, 0.15) is 37.4 Å². The molecule has 314 valence electrons. The van der Waals surface area contributed by atoms with Gasteiger partial charge in [0.25, 0.3) is 11.6 Å². The number of aromatic nitrogens is 6. The van der Waals surface area contributed by atoms with Crippen LogP contribution in [0, 0.1) is 0 Å². The summed E-state index contributed by atoms with van der Waals surface area (Å²) in [6, 6.07) is 38.6. The van der Waals surface area contributed by atoms with Crippen LogP contribution in [-0.4, -0.2) is 33.5 Å². The Labute approximate surface area is 358 Å². The van der Waals surface area contributed by atoms with Gasteiger partial charge in [0, 0.05) is 49.5 Å². The van der Waals surface area contributed by atoms with Gasteiger partial charge in [0.05, 0.1) is 37.0 Å². The van der Waals surface area contributed by atoms with E-state index in [4.69, 9.17) is 39.0 Å². The summed E-state index contributed by atoms with van der Waals surface area (Å²) in [6.45, 7) is 1.76. The minimum absolute atomic E-state index is 0.115. The van der Waals surface area contributed by atoms with E-state index in [-0.39, 0.29) is 13.2 Å². The largest absolute Gasteiger partial charge is 0.473 e. The summed E-state index contributed by atoms with van der Waals surface area (Å²) in [5.74, 6) is 3.17. The second-order valence-corrected chi connectivity index (χ2v) is 15.3. The summed E-state index contributed by atoms with van der Waals surface area (Å²) in [6.07, 6.45) is 8.21. The van der Waals surface area contributed by atoms with Crippen molar-refractivity contribution >= 4 is 19.9 Å². The molecule has 2 aromatic carbocycles. The Kier molecular flexibility index (Phi) is 13.7. The number of hydrogen-bond acceptors (Lipinski definition) is 13. The van der Waals surface area contributed by atoms with Crippen molar-refractivity contribution < 1.29 is 41.3 Å². The molecular formula is C46H45N8O7P+2. The SMILES string of the molecule is Nc1c(-c2cc(Cc3ccc(COc4ccccn4)cc3)no2)ccc[n+]1CCO[PH](=O)OCC[n+]1cccc(-c2cc(Cc3ccc(COc4ccccn4)cc3)no2)c1N. The van der Waals surface area contributed by atoms with Crippen molar-refractivity contribution in [3.8, 4) is 34.4 Å². The third kappa shape index (κ3) is 11.1. The molecule has 0 saturated heterocycles. The van der Waals surface area contributed by atoms with Crippen molar-refractivity contribution in [2.24, 2.45) is 0 Å². The van der Waals surface area contributed by atoms with Gasteiger partial charge in [0.15, 0.2) is 11.5 Å². The van der Waals surface area contributed by atoms with Crippen LogP contribution in [0.2, 0.25) is 0 Å². The predicted octanol–water partition coefficient (Wildman–Crippen LogP) is 6.99. The number of anilines is 2. The topological polar surface area (TPSA) is 192 Å². The quantitative estimate of drug-likeness (QED) is 0.0590. The first-order chi connectivity index (χ1) is 30.4. The first kappa shape index (κ1) is 41.5. The van der Waals surface area contributed by atoms with Gasteiger partial charge < -0.3 is 27.6 Å². The normalized spacial score (nSPS) is 11.2. The van der Waals surface area contributed by atoms with E-state index in [0.717, 1.165) is 33.6 Å². The Bertz CT molecular complexity index is 2510. The monoisotopic (exact) mass is 852 g/mol. The molecule has 62 heavy (non-hydrogen) atoms. The van der Waals surface area contributed by atoms with E-state index in [0.29, 0.717) is 85.2 Å². The highest BCUT2D eigenvalue weighted by atomic mass is 31.1. The van der Waals surface area contributed by atoms with E-state index < -0.39 is 8.25 Å². The van der Waals surface area contributed by atoms with E-state index in [1.807, 2.05) is 134 Å². The third-order valence-corrected chi connectivity index (χ3v) is 10.7. The number of nitrogen functional groups attached to an aromatic ring is 2. The lowest BCUT2D eigenvalue weighted by atomic mass is 10.1. The molecule has 0 atom stereocenters. The zero-order chi connectivity index (χ0) is 42.5. The number of nitrogens with zero attached hydrogens (tertiary/aromatic N) is 6. The van der Waals surface area contributed by atoms with Crippen LogP contribution in [0.3, 0.4) is 0 Å². The fourth-order valence-corrected chi connectivity index (χ4v) is 7.18. The predicted molar refractivity (Wildman–Crippen MR) is 230 cm³/mol. The maximum absolute atomic E-state index is 12.7. The maximum Gasteiger partial charge on any atom is 0.319 e. The van der Waals surface area contributed by atoms with Gasteiger partial charge in [0.2, 0.25) is 11.8 Å². The molecule has 16 heteroatoms. The van der Waals surface area contributed by atoms with Crippen molar-refractivity contribution in [2.45, 2.75) is 39.1 Å². The number of hydrogen-bond donors (Lipinski definition) is 2. The zero-order valence-electron chi connectivity index (χ0n) is 33.7. The molecule has 4 N–H and O–H groups in total. The second-order valence-electron chi connectivity index (χ2n) is 14.2. The highest BCUT2D eigenvalue weighted by Crippen LogP contribution is 2.28. The molecule has 0 unspecified atom stereocenters. The number of benzene rings is 2. The average molecular weight is 853 g/mol. The average Bonchev–Trinajstić information content (AvgIpc) is 3.97. The van der Waals surface area contributed by atoms with Gasteiger partial charge in [-0.3, -0.25) is 16.0 Å². The smallest absolute Gasteiger partial charge is 0.319 e. The van der Waals surface area contributed by atoms with E-state index in [9.17, 15) is 4.57 Å². The Hall–Kier alpha value is -7.19. The molecule has 0 saturated carbocycles. The molecule has 0 fully saturated rings. The molecule has 15 nitrogen and oxygen atoms in total. The molecule has 0 aliphatic rings. The van der Waals surface area contributed by atoms with Crippen LogP contribution in [0.25, 0.3) is 22.6 Å². The number of ether oxygens (including phenoxy) is 2. The maximum atomic E-state index is 12.7. The molecule has 0 radical (unpaired) electrons. The van der Waals surface area contributed by atoms with Crippen molar-refractivity contribution in [2.75, 3.05) is 24.7 Å². The lowest BCUT2D eigenvalue weighted by Gasteiger charge is -2.08. The van der Waals surface area contributed by atoms with Crippen molar-refractivity contribution in [1.82, 2.24) is 20.3 Å². The first-order valence-electron chi connectivity index (χ1n) is 19.9. The summed E-state index contributed by atoms with van der Waals surface area (Å²) in [5, 5.41) is 8.55. The Balaban J connectivity index is 0.772. The van der Waals surface area contributed by atoms with Crippen molar-refractivity contribution in [3.63, 3.8) is 0 Å². The van der Waals surface area contributed by atoms with Gasteiger partial charge in [-0.2, -0.15) is 0 Å². The van der Waals surface area contributed by atoms with Gasteiger partial charge in [-0.05, 0) is 58.7 Å². The number of pyridine rings is 4. The van der Waals surface area contributed by atoms with Gasteiger partial charge in [-0.1, -0.05) is 71.0 Å². The minimum Gasteiger partial charge on any atom is -0.473 e. The van der Waals surface area contributed by atoms with Crippen LogP contribution in [-0.2, 0) is 52.8 Å². The first-order valence-corrected chi connectivity index (χ1v) is 21.2. The molecule has 0 spiro atoms. The van der Waals surface area contributed by atoms with E-state index >= 15 is 0 Å². The molecular weight excluding hydrogens is 808 g/mol. The summed E-state index contributed by atoms with van der Waals surface area (Å²) in [5.41, 5.74) is 20.2. The Morgan fingerprint density at radius 2 is 0.984 bits per heavy atom. The lowest BCUT2D eigenvalue weighted by Crippen LogP contribution is -2.39. The fraction of sp³-hybridized carbons (Fsp3) is 0.174. The third-order valence-electron chi connectivity index (χ3n) is 9.85. The van der Waals surface area contributed by atoms with Gasteiger partial charge >= 0.3 is 8.25 Å². The summed E-state index contributed by atoms with van der Waals surface area (Å²) >= 11 is 0. The van der Waals surface area contributed by atoms with Crippen LogP contribution in [0.4, 0.5) is 11.6 Å². The molecule has 0 aliphatic heterocycles. The summed E-state index contributed by atoms with van der Waals surface area (Å²) < 4.78 is 50.2. The van der Waals surface area contributed by atoms with Crippen molar-refractivity contribution in [3.05, 3.63) is 180 Å². The van der Waals surface area contributed by atoms with Crippen LogP contribution >= 0.6 is 8.25 Å². The molecule has 0 aliphatic carbocycles. The summed E-state index contributed by atoms with van der Waals surface area (Å²) in [4.78, 5) is 8.38. The van der Waals surface area contributed by atoms with E-state index in [1.165, 1.54) is 0 Å². The van der Waals surface area contributed by atoms with E-state index in [2.05, 4.69) is 20.3 Å². The minimum atomic E-state index is -2.80. The lowest BCUT2D eigenvalue weighted by molar-refractivity contribution is -0.683. The van der Waals surface area contributed by atoms with Gasteiger partial charge in [-0.15, -0.1) is 0 Å². The molecule has 6 aromatic heterocycles. The van der Waals surface area contributed by atoms with E-state index in [1.54, 1.807) is 21.5 Å². The Morgan fingerprint density at radius 1 is 0.548 bits per heavy atom. The van der Waals surface area contributed by atoms with Crippen molar-refractivity contribution in [1.29, 1.82) is 0 Å². The fourth-order valence-electron chi connectivity index (χ4n) is 6.58. The molecule has 8 aromatic rings. The Morgan fingerprint density at radius 3 is 1.40 bits per heavy atom. The number of nitrogens with two attached hydrogens (primary N) is 2. The van der Waals surface area contributed by atoms with Crippen LogP contribution in [0.5, 0.6) is 11.8 Å². The number of rotatable bonds is 20. The van der Waals surface area contributed by atoms with Crippen LogP contribution in [0.15, 0.2) is 155 Å². The summed E-state index contributed by atoms with van der Waals surface area (Å²) in [7, 11) is -2.80. The van der Waals surface area contributed by atoms with Crippen LogP contribution in [0.1, 0.15) is 33.6 Å². The molecule has 8 rings (SSSR count). The molecule has 6 heterocycles. The standard InChI is InChI=1S/C46H43N8O7P/c47-45-39(41-29-37(51-60-41)27-33-11-15-35(16-12-33)31-56-43-9-1-3-19-49-43)7-5-21-53(45)23-25-58-62(55)59-26-24-54-22-6-8-40(46(54)48)42-30-38(52-61-42)28-34-13-17-36(18-14-34)32-57-44-10-2-4-20-50-44/h1-22,29-30,47-48,62H,23-28,31-32H2/p+2. The highest BCUT2D eigenvalue weighted by molar-refractivity contribution is 7.33. The second kappa shape index (κ2) is 20.4. The highest BCUT2D eigenvalue weighted by Gasteiger charge is 2.19. The molecule has 0 amide bonds.